The Labute approximate surface area is 180 Å². The fraction of sp³-hybridized carbons (Fsp3) is 0.286. The molecule has 4 rings (SSSR count). The van der Waals surface area contributed by atoms with E-state index in [9.17, 15) is 13.2 Å². The van der Waals surface area contributed by atoms with Crippen LogP contribution < -0.4 is 10.6 Å². The molecule has 162 valence electrons. The molecule has 0 saturated carbocycles. The van der Waals surface area contributed by atoms with Gasteiger partial charge in [0.05, 0.1) is 11.1 Å². The molecule has 2 heterocycles. The van der Waals surface area contributed by atoms with E-state index in [1.807, 2.05) is 32.2 Å². The molecule has 31 heavy (non-hydrogen) atoms. The van der Waals surface area contributed by atoms with Crippen molar-refractivity contribution < 1.29 is 13.2 Å². The van der Waals surface area contributed by atoms with Crippen LogP contribution in [0.3, 0.4) is 0 Å². The number of aryl methyl sites for hydroxylation is 1. The third kappa shape index (κ3) is 4.86. The average molecular weight is 447 g/mol. The standard InChI is InChI=1S/C21H21F3N6S/c1-12-17-10-14(5-8-18(17)28-27-12)19-29-30-20(31-19)26-11-16(25-2)9-13-3-6-15(7-4-13)21(22,23)24/h3-8,10,16,25H,9,11H2,1-2H3,(H,26,30)(H,27,28)/t16-/m1/s1. The Morgan fingerprint density at radius 2 is 1.87 bits per heavy atom. The first kappa shape index (κ1) is 21.3. The van der Waals surface area contributed by atoms with Crippen molar-refractivity contribution in [1.29, 1.82) is 0 Å². The zero-order valence-corrected chi connectivity index (χ0v) is 17.7. The van der Waals surface area contributed by atoms with Gasteiger partial charge in [-0.05, 0) is 56.3 Å². The van der Waals surface area contributed by atoms with Crippen molar-refractivity contribution in [1.82, 2.24) is 25.7 Å². The molecule has 0 bridgehead atoms. The van der Waals surface area contributed by atoms with Crippen LogP contribution in [-0.2, 0) is 12.6 Å². The van der Waals surface area contributed by atoms with Gasteiger partial charge in [-0.2, -0.15) is 18.3 Å². The third-order valence-electron chi connectivity index (χ3n) is 5.09. The van der Waals surface area contributed by atoms with Crippen LogP contribution in [0.1, 0.15) is 16.8 Å². The molecule has 2 aromatic carbocycles. The molecular formula is C21H21F3N6S. The minimum absolute atomic E-state index is 0.0222. The van der Waals surface area contributed by atoms with Crippen molar-refractivity contribution in [3.63, 3.8) is 0 Å². The highest BCUT2D eigenvalue weighted by Crippen LogP contribution is 2.30. The van der Waals surface area contributed by atoms with Gasteiger partial charge in [-0.25, -0.2) is 0 Å². The summed E-state index contributed by atoms with van der Waals surface area (Å²) in [5.41, 5.74) is 3.07. The molecular weight excluding hydrogens is 425 g/mol. The average Bonchev–Trinajstić information content (AvgIpc) is 3.37. The highest BCUT2D eigenvalue weighted by atomic mass is 32.1. The summed E-state index contributed by atoms with van der Waals surface area (Å²) in [6.45, 7) is 2.53. The lowest BCUT2D eigenvalue weighted by Gasteiger charge is -2.17. The zero-order valence-electron chi connectivity index (χ0n) is 16.9. The van der Waals surface area contributed by atoms with Crippen LogP contribution in [-0.4, -0.2) is 40.0 Å². The number of nitrogens with zero attached hydrogens (tertiary/aromatic N) is 3. The number of aromatic amines is 1. The first-order valence-corrected chi connectivity index (χ1v) is 10.5. The lowest BCUT2D eigenvalue weighted by Crippen LogP contribution is -2.34. The monoisotopic (exact) mass is 446 g/mol. The van der Waals surface area contributed by atoms with E-state index in [4.69, 9.17) is 0 Å². The van der Waals surface area contributed by atoms with Gasteiger partial charge >= 0.3 is 6.18 Å². The molecule has 0 fully saturated rings. The van der Waals surface area contributed by atoms with Crippen LogP contribution >= 0.6 is 11.3 Å². The van der Waals surface area contributed by atoms with Crippen molar-refractivity contribution in [3.05, 3.63) is 59.3 Å². The number of nitrogens with one attached hydrogen (secondary N) is 3. The maximum absolute atomic E-state index is 12.7. The maximum Gasteiger partial charge on any atom is 0.416 e. The quantitative estimate of drug-likeness (QED) is 0.385. The van der Waals surface area contributed by atoms with Gasteiger partial charge in [0.15, 0.2) is 0 Å². The molecule has 0 unspecified atom stereocenters. The maximum atomic E-state index is 12.7. The van der Waals surface area contributed by atoms with Crippen LogP contribution in [0.25, 0.3) is 21.5 Å². The van der Waals surface area contributed by atoms with Crippen LogP contribution in [0, 0.1) is 6.92 Å². The summed E-state index contributed by atoms with van der Waals surface area (Å²) in [6, 6.07) is 11.2. The van der Waals surface area contributed by atoms with Crippen LogP contribution in [0.15, 0.2) is 42.5 Å². The van der Waals surface area contributed by atoms with E-state index in [1.54, 1.807) is 0 Å². The number of benzene rings is 2. The molecule has 1 atom stereocenters. The number of H-pyrrole nitrogens is 1. The second-order valence-electron chi connectivity index (χ2n) is 7.26. The second-order valence-corrected chi connectivity index (χ2v) is 8.24. The summed E-state index contributed by atoms with van der Waals surface area (Å²) in [5.74, 6) is 0. The molecule has 6 nitrogen and oxygen atoms in total. The fourth-order valence-corrected chi connectivity index (χ4v) is 4.03. The first-order valence-electron chi connectivity index (χ1n) is 9.69. The minimum Gasteiger partial charge on any atom is -0.358 e. The number of rotatable bonds is 7. The largest absolute Gasteiger partial charge is 0.416 e. The van der Waals surface area contributed by atoms with Gasteiger partial charge in [0.1, 0.15) is 5.01 Å². The SMILES string of the molecule is CN[C@@H](CNc1nnc(-c2ccc3n[nH]c(C)c3c2)s1)Cc1ccc(C(F)(F)F)cc1. The molecule has 0 aliphatic rings. The number of anilines is 1. The van der Waals surface area contributed by atoms with Crippen LogP contribution in [0.4, 0.5) is 18.3 Å². The van der Waals surface area contributed by atoms with E-state index in [1.165, 1.54) is 23.5 Å². The smallest absolute Gasteiger partial charge is 0.358 e. The lowest BCUT2D eigenvalue weighted by atomic mass is 10.0. The minimum atomic E-state index is -4.32. The first-order chi connectivity index (χ1) is 14.8. The van der Waals surface area contributed by atoms with Gasteiger partial charge in [-0.1, -0.05) is 23.5 Å². The number of hydrogen-bond acceptors (Lipinski definition) is 6. The Morgan fingerprint density at radius 3 is 2.58 bits per heavy atom. The van der Waals surface area contributed by atoms with Gasteiger partial charge in [-0.15, -0.1) is 10.2 Å². The van der Waals surface area contributed by atoms with Crippen LogP contribution in [0.2, 0.25) is 0 Å². The Balaban J connectivity index is 1.39. The molecule has 0 aliphatic heterocycles. The summed E-state index contributed by atoms with van der Waals surface area (Å²) in [7, 11) is 1.82. The molecule has 3 N–H and O–H groups in total. The predicted octanol–water partition coefficient (Wildman–Crippen LogP) is 4.65. The van der Waals surface area contributed by atoms with Crippen molar-refractivity contribution >= 4 is 27.4 Å². The molecule has 0 saturated heterocycles. The van der Waals surface area contributed by atoms with E-state index in [0.29, 0.717) is 18.1 Å². The van der Waals surface area contributed by atoms with E-state index < -0.39 is 11.7 Å². The third-order valence-corrected chi connectivity index (χ3v) is 6.02. The van der Waals surface area contributed by atoms with E-state index in [2.05, 4.69) is 31.0 Å². The predicted molar refractivity (Wildman–Crippen MR) is 116 cm³/mol. The number of aromatic nitrogens is 4. The summed E-state index contributed by atoms with van der Waals surface area (Å²) < 4.78 is 38.2. The molecule has 0 amide bonds. The topological polar surface area (TPSA) is 78.5 Å². The molecule has 2 aromatic heterocycles. The Kier molecular flexibility index (Phi) is 5.92. The van der Waals surface area contributed by atoms with Crippen molar-refractivity contribution in [2.45, 2.75) is 25.6 Å². The van der Waals surface area contributed by atoms with E-state index in [0.717, 1.165) is 44.9 Å². The van der Waals surface area contributed by atoms with Crippen LogP contribution in [0.5, 0.6) is 0 Å². The number of halogens is 3. The fourth-order valence-electron chi connectivity index (χ4n) is 3.28. The second kappa shape index (κ2) is 8.64. The van der Waals surface area contributed by atoms with E-state index in [-0.39, 0.29) is 6.04 Å². The molecule has 10 heteroatoms. The van der Waals surface area contributed by atoms with Gasteiger partial charge < -0.3 is 10.6 Å². The zero-order chi connectivity index (χ0) is 22.0. The number of fused-ring (bicyclic) bond motifs is 1. The molecule has 0 aliphatic carbocycles. The molecule has 0 radical (unpaired) electrons. The Morgan fingerprint density at radius 1 is 1.10 bits per heavy atom. The van der Waals surface area contributed by atoms with Crippen molar-refractivity contribution in [2.75, 3.05) is 18.9 Å². The summed E-state index contributed by atoms with van der Waals surface area (Å²) >= 11 is 1.45. The summed E-state index contributed by atoms with van der Waals surface area (Å²) in [4.78, 5) is 0. The molecule has 0 spiro atoms. The summed E-state index contributed by atoms with van der Waals surface area (Å²) in [5, 5.41) is 24.7. The lowest BCUT2D eigenvalue weighted by molar-refractivity contribution is -0.137. The van der Waals surface area contributed by atoms with Gasteiger partial charge in [0, 0.05) is 29.2 Å². The summed E-state index contributed by atoms with van der Waals surface area (Å²) in [6.07, 6.45) is -3.73. The number of hydrogen-bond donors (Lipinski definition) is 3. The number of alkyl halides is 3. The number of likely N-dealkylation sites (N-methyl/N-ethyl adjacent to an activating group) is 1. The normalized spacial score (nSPS) is 12.9. The van der Waals surface area contributed by atoms with Crippen molar-refractivity contribution in [3.8, 4) is 10.6 Å². The van der Waals surface area contributed by atoms with Crippen molar-refractivity contribution in [2.24, 2.45) is 0 Å². The van der Waals surface area contributed by atoms with Gasteiger partial charge in [0.2, 0.25) is 5.13 Å². The molecule has 4 aromatic rings. The Bertz CT molecular complexity index is 1170. The van der Waals surface area contributed by atoms with E-state index >= 15 is 0 Å². The van der Waals surface area contributed by atoms with Gasteiger partial charge in [0.25, 0.3) is 0 Å². The highest BCUT2D eigenvalue weighted by Gasteiger charge is 2.30. The highest BCUT2D eigenvalue weighted by molar-refractivity contribution is 7.18. The van der Waals surface area contributed by atoms with Gasteiger partial charge in [-0.3, -0.25) is 5.10 Å². The Hall–Kier alpha value is -2.98.